The summed E-state index contributed by atoms with van der Waals surface area (Å²) in [5.74, 6) is -0.576. The van der Waals surface area contributed by atoms with E-state index < -0.39 is 12.2 Å². The molecule has 0 radical (unpaired) electrons. The Morgan fingerprint density at radius 1 is 0.931 bits per heavy atom. The summed E-state index contributed by atoms with van der Waals surface area (Å²) in [5, 5.41) is 9.40. The molecule has 1 aliphatic carbocycles. The molecule has 2 aromatic carbocycles. The normalized spacial score (nSPS) is 27.9. The number of allylic oxidation sites excluding steroid dienone is 1. The van der Waals surface area contributed by atoms with Crippen molar-refractivity contribution in [1.29, 1.82) is 0 Å². The van der Waals surface area contributed by atoms with E-state index in [0.717, 1.165) is 16.8 Å². The molecule has 0 bridgehead atoms. The Balaban J connectivity index is 1.68. The molecule has 1 saturated heterocycles. The van der Waals surface area contributed by atoms with Crippen LogP contribution in [0.2, 0.25) is 0 Å². The third-order valence-corrected chi connectivity index (χ3v) is 6.21. The summed E-state index contributed by atoms with van der Waals surface area (Å²) in [6.45, 7) is 4.29. The molecule has 0 saturated carbocycles. The number of nitrogens with two attached hydrogens (primary N) is 1. The third kappa shape index (κ3) is 2.71. The first-order valence-corrected chi connectivity index (χ1v) is 10.0. The molecule has 2 aliphatic heterocycles. The van der Waals surface area contributed by atoms with E-state index in [4.69, 9.17) is 5.73 Å². The molecule has 5 rings (SSSR count). The molecule has 2 heterocycles. The maximum absolute atomic E-state index is 13.4. The van der Waals surface area contributed by atoms with Gasteiger partial charge in [-0.25, -0.2) is 0 Å². The summed E-state index contributed by atoms with van der Waals surface area (Å²) in [5.41, 5.74) is 11.2. The van der Waals surface area contributed by atoms with E-state index in [2.05, 4.69) is 41.9 Å². The van der Waals surface area contributed by atoms with E-state index in [1.165, 1.54) is 5.56 Å². The highest BCUT2D eigenvalue weighted by Crippen LogP contribution is 2.47. The lowest BCUT2D eigenvalue weighted by Gasteiger charge is -2.44. The van der Waals surface area contributed by atoms with Gasteiger partial charge in [-0.15, -0.1) is 0 Å². The van der Waals surface area contributed by atoms with Crippen molar-refractivity contribution in [3.8, 4) is 0 Å². The minimum Gasteiger partial charge on any atom is -0.368 e. The first-order chi connectivity index (χ1) is 14.0. The number of hydrogen-bond donors (Lipinski definition) is 4. The van der Waals surface area contributed by atoms with Crippen LogP contribution in [0.4, 0.5) is 0 Å². The smallest absolute Gasteiger partial charge is 0.229 e. The zero-order valence-corrected chi connectivity index (χ0v) is 16.4. The first kappa shape index (κ1) is 18.1. The van der Waals surface area contributed by atoms with Crippen molar-refractivity contribution < 1.29 is 9.59 Å². The number of amides is 1. The number of hydrogen-bond acceptors (Lipinski definition) is 5. The second kappa shape index (κ2) is 6.54. The number of rotatable bonds is 2. The molecule has 6 heteroatoms. The Kier molecular flexibility index (Phi) is 4.08. The monoisotopic (exact) mass is 388 g/mol. The van der Waals surface area contributed by atoms with Crippen LogP contribution in [0.5, 0.6) is 0 Å². The molecule has 2 aromatic rings. The standard InChI is InChI=1S/C23H24N4O2/c1-11(2)12-7-9-13(10-8-12)16-17-19(14-5-3-4-6-15(14)20(17)28)25-21-18(16)22(29)27-23(24)26-21/h3-11,16,18,21,23,25-26H,24H2,1-2H3,(H,27,29). The highest BCUT2D eigenvalue weighted by Gasteiger charge is 2.50. The van der Waals surface area contributed by atoms with E-state index in [1.807, 2.05) is 36.4 Å². The summed E-state index contributed by atoms with van der Waals surface area (Å²) in [4.78, 5) is 26.3. The highest BCUT2D eigenvalue weighted by atomic mass is 16.2. The minimum atomic E-state index is -0.630. The van der Waals surface area contributed by atoms with Crippen molar-refractivity contribution in [2.24, 2.45) is 11.7 Å². The van der Waals surface area contributed by atoms with Gasteiger partial charge >= 0.3 is 0 Å². The van der Waals surface area contributed by atoms with Crippen molar-refractivity contribution in [3.63, 3.8) is 0 Å². The van der Waals surface area contributed by atoms with Gasteiger partial charge in [0.15, 0.2) is 5.78 Å². The number of nitrogens with one attached hydrogen (secondary N) is 3. The van der Waals surface area contributed by atoms with Gasteiger partial charge in [0.1, 0.15) is 6.29 Å². The number of fused-ring (bicyclic) bond motifs is 3. The van der Waals surface area contributed by atoms with E-state index in [9.17, 15) is 9.59 Å². The fraction of sp³-hybridized carbons (Fsp3) is 0.304. The number of ketones is 1. The zero-order valence-electron chi connectivity index (χ0n) is 16.4. The Morgan fingerprint density at radius 3 is 2.31 bits per heavy atom. The second-order valence-electron chi connectivity index (χ2n) is 8.26. The fourth-order valence-corrected chi connectivity index (χ4v) is 4.77. The second-order valence-corrected chi connectivity index (χ2v) is 8.26. The molecule has 4 atom stereocenters. The lowest BCUT2D eigenvalue weighted by Crippen LogP contribution is -2.70. The van der Waals surface area contributed by atoms with E-state index in [1.54, 1.807) is 0 Å². The van der Waals surface area contributed by atoms with Crippen molar-refractivity contribution in [1.82, 2.24) is 16.0 Å². The third-order valence-electron chi connectivity index (χ3n) is 6.21. The molecule has 5 N–H and O–H groups in total. The first-order valence-electron chi connectivity index (χ1n) is 10.0. The SMILES string of the molecule is CC(C)c1ccc(C2C3=C(NC4NC(N)NC(=O)C42)c2ccccc2C3=O)cc1. The average molecular weight is 388 g/mol. The van der Waals surface area contributed by atoms with Gasteiger partial charge in [0.2, 0.25) is 5.91 Å². The van der Waals surface area contributed by atoms with Gasteiger partial charge in [-0.3, -0.25) is 20.6 Å². The van der Waals surface area contributed by atoms with Crippen LogP contribution in [0.15, 0.2) is 54.1 Å². The van der Waals surface area contributed by atoms with Gasteiger partial charge in [-0.2, -0.15) is 0 Å². The van der Waals surface area contributed by atoms with Crippen LogP contribution in [-0.2, 0) is 4.79 Å². The van der Waals surface area contributed by atoms with E-state index in [0.29, 0.717) is 17.1 Å². The van der Waals surface area contributed by atoms with Crippen molar-refractivity contribution in [2.75, 3.05) is 0 Å². The maximum atomic E-state index is 13.4. The van der Waals surface area contributed by atoms with Gasteiger partial charge in [-0.05, 0) is 17.0 Å². The Labute approximate surface area is 169 Å². The highest BCUT2D eigenvalue weighted by molar-refractivity contribution is 6.22. The largest absolute Gasteiger partial charge is 0.368 e. The van der Waals surface area contributed by atoms with Crippen molar-refractivity contribution in [2.45, 2.75) is 38.1 Å². The lowest BCUT2D eigenvalue weighted by atomic mass is 9.73. The maximum Gasteiger partial charge on any atom is 0.229 e. The summed E-state index contributed by atoms with van der Waals surface area (Å²) < 4.78 is 0. The van der Waals surface area contributed by atoms with Crippen molar-refractivity contribution in [3.05, 3.63) is 76.4 Å². The van der Waals surface area contributed by atoms with Crippen molar-refractivity contribution >= 4 is 17.4 Å². The zero-order chi connectivity index (χ0) is 20.3. The molecule has 0 aromatic heterocycles. The van der Waals surface area contributed by atoms with Crippen LogP contribution in [0.25, 0.3) is 5.70 Å². The van der Waals surface area contributed by atoms with E-state index in [-0.39, 0.29) is 23.8 Å². The number of Topliss-reactive ketones (excluding diaryl/α,β-unsaturated/α-hetero) is 1. The molecule has 1 fully saturated rings. The Hall–Kier alpha value is -2.96. The molecule has 3 aliphatic rings. The van der Waals surface area contributed by atoms with Crippen LogP contribution in [-0.4, -0.2) is 24.1 Å². The average Bonchev–Trinajstić information content (AvgIpc) is 2.99. The summed E-state index contributed by atoms with van der Waals surface area (Å²) >= 11 is 0. The Morgan fingerprint density at radius 2 is 1.62 bits per heavy atom. The van der Waals surface area contributed by atoms with Crippen LogP contribution in [0.1, 0.15) is 52.7 Å². The number of carbonyl (C=O) groups is 2. The quantitative estimate of drug-likeness (QED) is 0.631. The predicted molar refractivity (Wildman–Crippen MR) is 111 cm³/mol. The van der Waals surface area contributed by atoms with E-state index >= 15 is 0 Å². The van der Waals surface area contributed by atoms with Gasteiger partial charge in [0.05, 0.1) is 17.8 Å². The molecule has 29 heavy (non-hydrogen) atoms. The Bertz CT molecular complexity index is 1040. The number of carbonyl (C=O) groups excluding carboxylic acids is 2. The van der Waals surface area contributed by atoms with Crippen LogP contribution in [0.3, 0.4) is 0 Å². The molecular weight excluding hydrogens is 364 g/mol. The summed E-state index contributed by atoms with van der Waals surface area (Å²) in [6, 6.07) is 15.9. The predicted octanol–water partition coefficient (Wildman–Crippen LogP) is 2.01. The molecule has 6 nitrogen and oxygen atoms in total. The number of benzene rings is 2. The minimum absolute atomic E-state index is 0.0119. The van der Waals surface area contributed by atoms with Gasteiger partial charge in [-0.1, -0.05) is 62.4 Å². The fourth-order valence-electron chi connectivity index (χ4n) is 4.77. The summed E-state index contributed by atoms with van der Waals surface area (Å²) in [7, 11) is 0. The van der Waals surface area contributed by atoms with Gasteiger partial charge < -0.3 is 10.6 Å². The van der Waals surface area contributed by atoms with Gasteiger partial charge in [0.25, 0.3) is 0 Å². The lowest BCUT2D eigenvalue weighted by molar-refractivity contribution is -0.130. The molecule has 1 amide bonds. The molecule has 0 spiro atoms. The summed E-state index contributed by atoms with van der Waals surface area (Å²) in [6.07, 6.45) is -0.985. The van der Waals surface area contributed by atoms with Crippen LogP contribution in [0, 0.1) is 5.92 Å². The van der Waals surface area contributed by atoms with Crippen LogP contribution < -0.4 is 21.7 Å². The topological polar surface area (TPSA) is 96.2 Å². The molecule has 4 unspecified atom stereocenters. The molecule has 148 valence electrons. The van der Waals surface area contributed by atoms with Crippen LogP contribution >= 0.6 is 0 Å². The van der Waals surface area contributed by atoms with Gasteiger partial charge in [0, 0.05) is 22.6 Å². The molecular formula is C23H24N4O2.